The van der Waals surface area contributed by atoms with Crippen LogP contribution in [0.25, 0.3) is 0 Å². The number of hydrogen-bond acceptors (Lipinski definition) is 5. The first kappa shape index (κ1) is 24.1. The molecule has 0 aliphatic carbocycles. The first-order valence-electron chi connectivity index (χ1n) is 8.55. The van der Waals surface area contributed by atoms with Gasteiger partial charge in [-0.25, -0.2) is 0 Å². The monoisotopic (exact) mass is 423 g/mol. The van der Waals surface area contributed by atoms with E-state index in [0.717, 1.165) is 18.2 Å². The van der Waals surface area contributed by atoms with E-state index in [-0.39, 0.29) is 5.12 Å². The molecule has 0 spiro atoms. The van der Waals surface area contributed by atoms with Crippen molar-refractivity contribution in [2.75, 3.05) is 7.11 Å². The molecule has 0 aliphatic heterocycles. The van der Waals surface area contributed by atoms with Gasteiger partial charge in [0.05, 0.1) is 0 Å². The van der Waals surface area contributed by atoms with Crippen LogP contribution < -0.4 is 0 Å². The van der Waals surface area contributed by atoms with Crippen LogP contribution in [0.5, 0.6) is 0 Å². The van der Waals surface area contributed by atoms with Crippen molar-refractivity contribution in [2.24, 2.45) is 0 Å². The Morgan fingerprint density at radius 3 is 1.69 bits per heavy atom. The Hall–Kier alpha value is -2.98. The fourth-order valence-electron chi connectivity index (χ4n) is 2.13. The van der Waals surface area contributed by atoms with Crippen LogP contribution in [0.4, 0.5) is 0 Å². The number of aliphatic hydroxyl groups is 1. The SMILES string of the molecule is CO.N#CC(OC(=S)c1ccccc1)c1ccccc1.O=C(S)c1ccccc1. The molecule has 3 aromatic rings. The second kappa shape index (κ2) is 14.1. The van der Waals surface area contributed by atoms with Crippen molar-refractivity contribution >= 4 is 35.0 Å². The maximum absolute atomic E-state index is 10.5. The van der Waals surface area contributed by atoms with Crippen LogP contribution in [0.2, 0.25) is 0 Å². The molecular weight excluding hydrogens is 402 g/mol. The molecule has 0 radical (unpaired) electrons. The van der Waals surface area contributed by atoms with Gasteiger partial charge in [0.1, 0.15) is 6.07 Å². The lowest BCUT2D eigenvalue weighted by Crippen LogP contribution is -2.09. The van der Waals surface area contributed by atoms with Gasteiger partial charge in [-0.1, -0.05) is 91.0 Å². The van der Waals surface area contributed by atoms with Crippen LogP contribution >= 0.6 is 24.8 Å². The van der Waals surface area contributed by atoms with Crippen LogP contribution in [-0.4, -0.2) is 22.4 Å². The second-order valence-electron chi connectivity index (χ2n) is 5.36. The Morgan fingerprint density at radius 1 is 0.897 bits per heavy atom. The summed E-state index contributed by atoms with van der Waals surface area (Å²) in [6.07, 6.45) is -0.668. The molecule has 0 aromatic heterocycles. The summed E-state index contributed by atoms with van der Waals surface area (Å²) in [5.41, 5.74) is 2.25. The van der Waals surface area contributed by atoms with Gasteiger partial charge in [-0.15, -0.1) is 12.6 Å². The first-order valence-corrected chi connectivity index (χ1v) is 9.41. The minimum absolute atomic E-state index is 0.185. The maximum Gasteiger partial charge on any atom is 0.216 e. The van der Waals surface area contributed by atoms with Gasteiger partial charge in [0.15, 0.2) is 5.05 Å². The van der Waals surface area contributed by atoms with Gasteiger partial charge >= 0.3 is 0 Å². The number of carbonyl (C=O) groups excluding carboxylic acids is 1. The predicted octanol–water partition coefficient (Wildman–Crippen LogP) is 5.01. The van der Waals surface area contributed by atoms with E-state index in [1.54, 1.807) is 12.1 Å². The third-order valence-corrected chi connectivity index (χ3v) is 4.06. The number of thiocarbonyl (C=S) groups is 1. The van der Waals surface area contributed by atoms with Gasteiger partial charge < -0.3 is 9.84 Å². The Labute approximate surface area is 181 Å². The molecule has 0 saturated carbocycles. The topological polar surface area (TPSA) is 70.3 Å². The van der Waals surface area contributed by atoms with E-state index in [0.29, 0.717) is 10.6 Å². The predicted molar refractivity (Wildman–Crippen MR) is 122 cm³/mol. The van der Waals surface area contributed by atoms with Crippen molar-refractivity contribution < 1.29 is 14.6 Å². The summed E-state index contributed by atoms with van der Waals surface area (Å²) in [5, 5.41) is 16.3. The molecule has 0 saturated heterocycles. The highest BCUT2D eigenvalue weighted by atomic mass is 32.1. The van der Waals surface area contributed by atoms with E-state index in [4.69, 9.17) is 27.3 Å². The van der Waals surface area contributed by atoms with Crippen molar-refractivity contribution in [3.8, 4) is 6.07 Å². The lowest BCUT2D eigenvalue weighted by Gasteiger charge is -2.13. The third kappa shape index (κ3) is 8.71. The lowest BCUT2D eigenvalue weighted by molar-refractivity contribution is 0.109. The van der Waals surface area contributed by atoms with Gasteiger partial charge in [0.2, 0.25) is 11.2 Å². The summed E-state index contributed by atoms with van der Waals surface area (Å²) in [6, 6.07) is 29.8. The maximum atomic E-state index is 10.5. The van der Waals surface area contributed by atoms with E-state index in [2.05, 4.69) is 18.7 Å². The molecule has 0 heterocycles. The first-order chi connectivity index (χ1) is 14.1. The van der Waals surface area contributed by atoms with Crippen molar-refractivity contribution in [1.29, 1.82) is 5.26 Å². The van der Waals surface area contributed by atoms with Gasteiger partial charge in [-0.2, -0.15) is 5.26 Å². The number of ether oxygens (including phenoxy) is 1. The zero-order valence-corrected chi connectivity index (χ0v) is 17.5. The number of benzene rings is 3. The molecule has 0 fully saturated rings. The second-order valence-corrected chi connectivity index (χ2v) is 6.14. The smallest absolute Gasteiger partial charge is 0.216 e. The lowest BCUT2D eigenvalue weighted by atomic mass is 10.1. The molecule has 1 unspecified atom stereocenters. The molecule has 6 heteroatoms. The number of nitriles is 1. The van der Waals surface area contributed by atoms with E-state index in [9.17, 15) is 4.79 Å². The van der Waals surface area contributed by atoms with Crippen LogP contribution in [0, 0.1) is 11.3 Å². The summed E-state index contributed by atoms with van der Waals surface area (Å²) < 4.78 is 5.54. The summed E-state index contributed by atoms with van der Waals surface area (Å²) >= 11 is 8.84. The molecule has 0 bridgehead atoms. The fraction of sp³-hybridized carbons (Fsp3) is 0.0870. The van der Waals surface area contributed by atoms with Crippen LogP contribution in [0.3, 0.4) is 0 Å². The molecule has 3 aromatic carbocycles. The van der Waals surface area contributed by atoms with Crippen molar-refractivity contribution in [2.45, 2.75) is 6.10 Å². The van der Waals surface area contributed by atoms with Crippen LogP contribution in [-0.2, 0) is 4.74 Å². The number of hydrogen-bond donors (Lipinski definition) is 2. The minimum atomic E-state index is -0.668. The van der Waals surface area contributed by atoms with Crippen LogP contribution in [0.1, 0.15) is 27.6 Å². The van der Waals surface area contributed by atoms with Gasteiger partial charge in [-0.3, -0.25) is 4.79 Å². The molecule has 0 amide bonds. The molecule has 29 heavy (non-hydrogen) atoms. The molecule has 4 nitrogen and oxygen atoms in total. The van der Waals surface area contributed by atoms with E-state index in [1.807, 2.05) is 78.9 Å². The summed E-state index contributed by atoms with van der Waals surface area (Å²) in [6.45, 7) is 0. The highest BCUT2D eigenvalue weighted by molar-refractivity contribution is 7.97. The van der Waals surface area contributed by atoms with Crippen molar-refractivity contribution in [1.82, 2.24) is 0 Å². The van der Waals surface area contributed by atoms with E-state index < -0.39 is 6.10 Å². The summed E-state index contributed by atoms with van der Waals surface area (Å²) in [4.78, 5) is 10.5. The summed E-state index contributed by atoms with van der Waals surface area (Å²) in [7, 11) is 1.00. The van der Waals surface area contributed by atoms with E-state index >= 15 is 0 Å². The molecule has 1 atom stereocenters. The number of rotatable bonds is 4. The number of nitrogens with zero attached hydrogens (tertiary/aromatic N) is 1. The van der Waals surface area contributed by atoms with Crippen molar-refractivity contribution in [3.63, 3.8) is 0 Å². The van der Waals surface area contributed by atoms with Crippen LogP contribution in [0.15, 0.2) is 91.0 Å². The molecular formula is C23H21NO3S2. The average Bonchev–Trinajstić information content (AvgIpc) is 2.81. The van der Waals surface area contributed by atoms with Gasteiger partial charge in [0, 0.05) is 23.8 Å². The average molecular weight is 424 g/mol. The largest absolute Gasteiger partial charge is 0.460 e. The van der Waals surface area contributed by atoms with E-state index in [1.165, 1.54) is 0 Å². The number of aliphatic hydroxyl groups excluding tert-OH is 1. The quantitative estimate of drug-likeness (QED) is 0.456. The van der Waals surface area contributed by atoms with Gasteiger partial charge in [0.25, 0.3) is 0 Å². The summed E-state index contributed by atoms with van der Waals surface area (Å²) in [5.74, 6) is 0. The zero-order chi connectivity index (χ0) is 21.5. The van der Waals surface area contributed by atoms with Gasteiger partial charge in [-0.05, 0) is 12.2 Å². The fourth-order valence-corrected chi connectivity index (χ4v) is 2.51. The Morgan fingerprint density at radius 2 is 1.31 bits per heavy atom. The number of thiol groups is 1. The Bertz CT molecular complexity index is 911. The third-order valence-electron chi connectivity index (χ3n) is 3.47. The Balaban J connectivity index is 0.000000321. The zero-order valence-electron chi connectivity index (χ0n) is 15.8. The molecule has 1 N–H and O–H groups in total. The highest BCUT2D eigenvalue weighted by Gasteiger charge is 2.14. The minimum Gasteiger partial charge on any atom is -0.460 e. The molecule has 148 valence electrons. The number of carbonyl (C=O) groups is 1. The van der Waals surface area contributed by atoms with Crippen molar-refractivity contribution in [3.05, 3.63) is 108 Å². The normalized spacial score (nSPS) is 10.0. The molecule has 0 aliphatic rings. The Kier molecular flexibility index (Phi) is 11.7. The molecule has 3 rings (SSSR count). The standard InChI is InChI=1S/C15H11NOS.C7H6OS.CH4O/c16-11-14(12-7-3-1-4-8-12)17-15(18)13-9-5-2-6-10-13;8-7(9)6-4-2-1-3-5-6;1-2/h1-10,14H;1-5H,(H,8,9);2H,1H3. The highest BCUT2D eigenvalue weighted by Crippen LogP contribution is 2.18.